The smallest absolute Gasteiger partial charge is 0.151 e. The first-order valence-corrected chi connectivity index (χ1v) is 8.42. The van der Waals surface area contributed by atoms with Crippen molar-refractivity contribution >= 4 is 22.6 Å². The molecule has 0 atom stereocenters. The molecular weight excluding hydrogens is 329 g/mol. The summed E-state index contributed by atoms with van der Waals surface area (Å²) >= 11 is 6.21. The van der Waals surface area contributed by atoms with E-state index in [1.54, 1.807) is 24.8 Å². The van der Waals surface area contributed by atoms with Gasteiger partial charge in [-0.1, -0.05) is 11.6 Å². The number of rotatable bonds is 3. The molecule has 6 heteroatoms. The molecule has 4 rings (SSSR count). The Morgan fingerprint density at radius 3 is 2.92 bits per heavy atom. The van der Waals surface area contributed by atoms with Crippen LogP contribution in [0.3, 0.4) is 0 Å². The average molecular weight is 346 g/mol. The Labute approximate surface area is 144 Å². The van der Waals surface area contributed by atoms with Gasteiger partial charge in [-0.25, -0.2) is 9.37 Å². The lowest BCUT2D eigenvalue weighted by molar-refractivity contribution is 0.0616. The lowest BCUT2D eigenvalue weighted by Gasteiger charge is -2.22. The zero-order valence-corrected chi connectivity index (χ0v) is 13.8. The number of pyridine rings is 1. The molecule has 2 aromatic heterocycles. The standard InChI is InChI=1S/C18H17ClFN3O/c19-15-9-21-4-1-14(15)13-7-16(20)18-17(8-13)23(11-22-18)10-12-2-5-24-6-3-12/h1,4,7-9,11-12H,2-3,5-6,10H2. The minimum Gasteiger partial charge on any atom is -0.381 e. The van der Waals surface area contributed by atoms with Gasteiger partial charge in [0.1, 0.15) is 5.52 Å². The van der Waals surface area contributed by atoms with E-state index in [0.29, 0.717) is 16.5 Å². The van der Waals surface area contributed by atoms with Gasteiger partial charge >= 0.3 is 0 Å². The molecule has 1 fully saturated rings. The number of fused-ring (bicyclic) bond motifs is 1. The summed E-state index contributed by atoms with van der Waals surface area (Å²) in [5, 5.41) is 0.506. The van der Waals surface area contributed by atoms with Gasteiger partial charge < -0.3 is 9.30 Å². The Hall–Kier alpha value is -1.98. The first-order valence-electron chi connectivity index (χ1n) is 8.04. The Morgan fingerprint density at radius 2 is 2.12 bits per heavy atom. The van der Waals surface area contributed by atoms with Gasteiger partial charge in [0.2, 0.25) is 0 Å². The van der Waals surface area contributed by atoms with E-state index in [4.69, 9.17) is 16.3 Å². The second-order valence-electron chi connectivity index (χ2n) is 6.13. The first-order chi connectivity index (χ1) is 11.7. The summed E-state index contributed by atoms with van der Waals surface area (Å²) in [4.78, 5) is 8.24. The number of imidazole rings is 1. The SMILES string of the molecule is Fc1cc(-c2ccncc2Cl)cc2c1ncn2CC1CCOCC1. The molecule has 3 aromatic rings. The molecule has 4 nitrogen and oxygen atoms in total. The van der Waals surface area contributed by atoms with Crippen molar-refractivity contribution in [3.05, 3.63) is 47.8 Å². The number of ether oxygens (including phenoxy) is 1. The van der Waals surface area contributed by atoms with Crippen molar-refractivity contribution in [2.75, 3.05) is 13.2 Å². The summed E-state index contributed by atoms with van der Waals surface area (Å²) in [6.45, 7) is 2.42. The third-order valence-corrected chi connectivity index (χ3v) is 4.86. The number of aromatic nitrogens is 3. The molecule has 0 bridgehead atoms. The van der Waals surface area contributed by atoms with Gasteiger partial charge in [0.25, 0.3) is 0 Å². The maximum Gasteiger partial charge on any atom is 0.151 e. The van der Waals surface area contributed by atoms with Gasteiger partial charge in [-0.3, -0.25) is 4.98 Å². The molecule has 0 saturated carbocycles. The van der Waals surface area contributed by atoms with Crippen molar-refractivity contribution in [1.29, 1.82) is 0 Å². The highest BCUT2D eigenvalue weighted by molar-refractivity contribution is 6.33. The highest BCUT2D eigenvalue weighted by atomic mass is 35.5. The molecule has 1 aromatic carbocycles. The molecule has 1 saturated heterocycles. The van der Waals surface area contributed by atoms with E-state index in [9.17, 15) is 4.39 Å². The minimum atomic E-state index is -0.332. The van der Waals surface area contributed by atoms with Crippen LogP contribution >= 0.6 is 11.6 Å². The molecular formula is C18H17ClFN3O. The van der Waals surface area contributed by atoms with E-state index in [1.165, 1.54) is 6.07 Å². The predicted octanol–water partition coefficient (Wildman–Crippen LogP) is 4.32. The van der Waals surface area contributed by atoms with Gasteiger partial charge in [-0.2, -0.15) is 0 Å². The van der Waals surface area contributed by atoms with Gasteiger partial charge in [-0.05, 0) is 42.5 Å². The molecule has 0 radical (unpaired) electrons. The average Bonchev–Trinajstić information content (AvgIpc) is 3.00. The number of hydrogen-bond donors (Lipinski definition) is 0. The fourth-order valence-corrected chi connectivity index (χ4v) is 3.47. The molecule has 3 heterocycles. The number of nitrogens with zero attached hydrogens (tertiary/aromatic N) is 3. The molecule has 1 aliphatic heterocycles. The van der Waals surface area contributed by atoms with Crippen LogP contribution in [0, 0.1) is 11.7 Å². The normalized spacial score (nSPS) is 15.9. The highest BCUT2D eigenvalue weighted by Gasteiger charge is 2.17. The zero-order valence-electron chi connectivity index (χ0n) is 13.1. The third-order valence-electron chi connectivity index (χ3n) is 4.56. The lowest BCUT2D eigenvalue weighted by Crippen LogP contribution is -2.20. The Balaban J connectivity index is 1.75. The molecule has 0 N–H and O–H groups in total. The lowest BCUT2D eigenvalue weighted by atomic mass is 10.00. The van der Waals surface area contributed by atoms with Gasteiger partial charge in [0.15, 0.2) is 5.82 Å². The van der Waals surface area contributed by atoms with Crippen molar-refractivity contribution in [3.8, 4) is 11.1 Å². The monoisotopic (exact) mass is 345 g/mol. The molecule has 0 amide bonds. The fourth-order valence-electron chi connectivity index (χ4n) is 3.24. The quantitative estimate of drug-likeness (QED) is 0.709. The summed E-state index contributed by atoms with van der Waals surface area (Å²) < 4.78 is 21.9. The van der Waals surface area contributed by atoms with Crippen molar-refractivity contribution in [1.82, 2.24) is 14.5 Å². The van der Waals surface area contributed by atoms with Crippen LogP contribution in [-0.4, -0.2) is 27.7 Å². The Kier molecular flexibility index (Phi) is 4.21. The Bertz CT molecular complexity index is 874. The molecule has 0 aliphatic carbocycles. The number of halogens is 2. The maximum atomic E-state index is 14.5. The molecule has 1 aliphatic rings. The second kappa shape index (κ2) is 6.49. The van der Waals surface area contributed by atoms with Gasteiger partial charge in [0, 0.05) is 37.7 Å². The second-order valence-corrected chi connectivity index (χ2v) is 6.54. The summed E-state index contributed by atoms with van der Waals surface area (Å²) in [7, 11) is 0. The van der Waals surface area contributed by atoms with Crippen LogP contribution in [-0.2, 0) is 11.3 Å². The van der Waals surface area contributed by atoms with Crippen LogP contribution in [0.4, 0.5) is 4.39 Å². The van der Waals surface area contributed by atoms with Crippen molar-refractivity contribution < 1.29 is 9.13 Å². The van der Waals surface area contributed by atoms with Crippen LogP contribution in [0.5, 0.6) is 0 Å². The molecule has 124 valence electrons. The van der Waals surface area contributed by atoms with E-state index in [-0.39, 0.29) is 5.82 Å². The summed E-state index contributed by atoms with van der Waals surface area (Å²) in [5.41, 5.74) is 2.70. The maximum absolute atomic E-state index is 14.5. The summed E-state index contributed by atoms with van der Waals surface area (Å²) in [5.74, 6) is 0.202. The zero-order chi connectivity index (χ0) is 16.5. The van der Waals surface area contributed by atoms with E-state index in [2.05, 4.69) is 9.97 Å². The van der Waals surface area contributed by atoms with E-state index in [1.807, 2.05) is 10.6 Å². The Morgan fingerprint density at radius 1 is 1.29 bits per heavy atom. The van der Waals surface area contributed by atoms with Crippen molar-refractivity contribution in [2.45, 2.75) is 19.4 Å². The fraction of sp³-hybridized carbons (Fsp3) is 0.333. The van der Waals surface area contributed by atoms with Crippen molar-refractivity contribution in [3.63, 3.8) is 0 Å². The number of hydrogen-bond acceptors (Lipinski definition) is 3. The first kappa shape index (κ1) is 15.5. The van der Waals surface area contributed by atoms with Crippen LogP contribution < -0.4 is 0 Å². The van der Waals surface area contributed by atoms with E-state index >= 15 is 0 Å². The third kappa shape index (κ3) is 2.89. The largest absolute Gasteiger partial charge is 0.381 e. The number of benzene rings is 1. The highest BCUT2D eigenvalue weighted by Crippen LogP contribution is 2.31. The summed E-state index contributed by atoms with van der Waals surface area (Å²) in [6, 6.07) is 5.23. The van der Waals surface area contributed by atoms with Crippen LogP contribution in [0.1, 0.15) is 12.8 Å². The van der Waals surface area contributed by atoms with E-state index < -0.39 is 0 Å². The topological polar surface area (TPSA) is 39.9 Å². The minimum absolute atomic E-state index is 0.332. The predicted molar refractivity (Wildman–Crippen MR) is 91.5 cm³/mol. The van der Waals surface area contributed by atoms with Crippen LogP contribution in [0.25, 0.3) is 22.2 Å². The van der Waals surface area contributed by atoms with Gasteiger partial charge in [-0.15, -0.1) is 0 Å². The van der Waals surface area contributed by atoms with Crippen molar-refractivity contribution in [2.24, 2.45) is 5.92 Å². The summed E-state index contributed by atoms with van der Waals surface area (Å²) in [6.07, 6.45) is 7.00. The van der Waals surface area contributed by atoms with E-state index in [0.717, 1.165) is 49.2 Å². The van der Waals surface area contributed by atoms with Crippen LogP contribution in [0.2, 0.25) is 5.02 Å². The van der Waals surface area contributed by atoms with Gasteiger partial charge in [0.05, 0.1) is 16.9 Å². The molecule has 24 heavy (non-hydrogen) atoms. The molecule has 0 unspecified atom stereocenters. The van der Waals surface area contributed by atoms with Crippen LogP contribution in [0.15, 0.2) is 36.9 Å². The molecule has 0 spiro atoms.